The van der Waals surface area contributed by atoms with Crippen molar-refractivity contribution in [3.05, 3.63) is 74.7 Å². The van der Waals surface area contributed by atoms with Gasteiger partial charge >= 0.3 is 0 Å². The van der Waals surface area contributed by atoms with Gasteiger partial charge in [-0.15, -0.1) is 11.3 Å². The molecule has 0 bridgehead atoms. The quantitative estimate of drug-likeness (QED) is 0.413. The van der Waals surface area contributed by atoms with E-state index in [9.17, 15) is 17.2 Å². The molecule has 1 aliphatic heterocycles. The fourth-order valence-electron chi connectivity index (χ4n) is 3.74. The zero-order valence-electron chi connectivity index (χ0n) is 18.0. The van der Waals surface area contributed by atoms with Crippen molar-refractivity contribution in [3.63, 3.8) is 0 Å². The molecule has 33 heavy (non-hydrogen) atoms. The van der Waals surface area contributed by atoms with Crippen molar-refractivity contribution in [2.75, 3.05) is 25.0 Å². The summed E-state index contributed by atoms with van der Waals surface area (Å²) in [7, 11) is -3.96. The largest absolute Gasteiger partial charge is 0.377 e. The number of hydrogen-bond acceptors (Lipinski definition) is 6. The van der Waals surface area contributed by atoms with Gasteiger partial charge in [0.05, 0.1) is 33.7 Å². The normalized spacial score (nSPS) is 15.3. The minimum Gasteiger partial charge on any atom is -0.377 e. The molecule has 1 atom stereocenters. The molecule has 2 heterocycles. The lowest BCUT2D eigenvalue weighted by molar-refractivity contribution is 0.184. The molecule has 1 saturated heterocycles. The maximum atomic E-state index is 14.8. The second kappa shape index (κ2) is 10.0. The Morgan fingerprint density at radius 2 is 2.00 bits per heavy atom. The monoisotopic (exact) mass is 511 g/mol. The average molecular weight is 512 g/mol. The Kier molecular flexibility index (Phi) is 7.33. The fourth-order valence-corrected chi connectivity index (χ4v) is 6.05. The summed E-state index contributed by atoms with van der Waals surface area (Å²) in [6.45, 7) is 4.89. The zero-order valence-corrected chi connectivity index (χ0v) is 20.4. The van der Waals surface area contributed by atoms with Crippen LogP contribution in [0.1, 0.15) is 36.2 Å². The highest BCUT2D eigenvalue weighted by molar-refractivity contribution is 7.90. The van der Waals surface area contributed by atoms with Gasteiger partial charge in [0.1, 0.15) is 16.5 Å². The third kappa shape index (κ3) is 5.71. The van der Waals surface area contributed by atoms with Gasteiger partial charge in [-0.2, -0.15) is 0 Å². The van der Waals surface area contributed by atoms with E-state index in [2.05, 4.69) is 15.2 Å². The highest BCUT2D eigenvalue weighted by atomic mass is 35.5. The van der Waals surface area contributed by atoms with Gasteiger partial charge in [-0.05, 0) is 56.6 Å². The topological polar surface area (TPSA) is 62.3 Å². The summed E-state index contributed by atoms with van der Waals surface area (Å²) >= 11 is 7.55. The summed E-state index contributed by atoms with van der Waals surface area (Å²) in [6.07, 6.45) is 2.04. The van der Waals surface area contributed by atoms with Crippen molar-refractivity contribution < 1.29 is 17.2 Å². The van der Waals surface area contributed by atoms with Crippen LogP contribution in [-0.4, -0.2) is 37.9 Å². The number of nitrogens with one attached hydrogen (secondary N) is 1. The number of nitrogens with zero attached hydrogens (tertiary/aromatic N) is 2. The van der Waals surface area contributed by atoms with Crippen LogP contribution in [0.25, 0.3) is 0 Å². The molecule has 4 rings (SSSR count). The first kappa shape index (κ1) is 24.1. The van der Waals surface area contributed by atoms with E-state index in [1.807, 2.05) is 6.07 Å². The minimum absolute atomic E-state index is 0.0365. The van der Waals surface area contributed by atoms with E-state index < -0.39 is 32.3 Å². The summed E-state index contributed by atoms with van der Waals surface area (Å²) < 4.78 is 54.6. The first-order chi connectivity index (χ1) is 15.7. The van der Waals surface area contributed by atoms with E-state index in [4.69, 9.17) is 11.6 Å². The maximum absolute atomic E-state index is 14.8. The van der Waals surface area contributed by atoms with Crippen LogP contribution < -0.4 is 5.32 Å². The van der Waals surface area contributed by atoms with Crippen LogP contribution in [0.4, 0.5) is 14.5 Å². The number of aromatic nitrogens is 1. The number of thiazole rings is 1. The highest BCUT2D eigenvalue weighted by Gasteiger charge is 2.24. The lowest BCUT2D eigenvalue weighted by Crippen LogP contribution is -2.38. The second-order valence-electron chi connectivity index (χ2n) is 8.17. The maximum Gasteiger partial charge on any atom is 0.187 e. The smallest absolute Gasteiger partial charge is 0.187 e. The summed E-state index contributed by atoms with van der Waals surface area (Å²) in [4.78, 5) is 5.81. The molecule has 0 radical (unpaired) electrons. The lowest BCUT2D eigenvalue weighted by atomic mass is 10.0. The molecular formula is C23H24ClF2N3O2S2. The molecule has 3 aromatic rings. The van der Waals surface area contributed by atoms with Crippen LogP contribution >= 0.6 is 22.9 Å². The van der Waals surface area contributed by atoms with E-state index >= 15 is 0 Å². The third-order valence-corrected chi connectivity index (χ3v) is 8.35. The van der Waals surface area contributed by atoms with Gasteiger partial charge in [0.2, 0.25) is 0 Å². The van der Waals surface area contributed by atoms with Crippen molar-refractivity contribution >= 4 is 38.5 Å². The number of benzene rings is 2. The Bertz CT molecular complexity index is 1230. The van der Waals surface area contributed by atoms with Crippen molar-refractivity contribution in [3.8, 4) is 0 Å². The molecule has 1 N–H and O–H groups in total. The predicted molar refractivity (Wildman–Crippen MR) is 128 cm³/mol. The molecule has 0 aliphatic carbocycles. The predicted octanol–water partition coefficient (Wildman–Crippen LogP) is 5.47. The first-order valence-corrected chi connectivity index (χ1v) is 13.6. The number of hydrogen-bond donors (Lipinski definition) is 1. The molecule has 0 amide bonds. The van der Waals surface area contributed by atoms with Gasteiger partial charge in [-0.25, -0.2) is 22.2 Å². The lowest BCUT2D eigenvalue weighted by Gasteiger charge is -2.30. The van der Waals surface area contributed by atoms with E-state index in [-0.39, 0.29) is 16.5 Å². The molecule has 1 aromatic heterocycles. The fraction of sp³-hybridized carbons (Fsp3) is 0.348. The van der Waals surface area contributed by atoms with Crippen LogP contribution in [0, 0.1) is 11.6 Å². The summed E-state index contributed by atoms with van der Waals surface area (Å²) in [6, 6.07) is 6.65. The van der Waals surface area contributed by atoms with Gasteiger partial charge in [0.25, 0.3) is 0 Å². The van der Waals surface area contributed by atoms with Crippen molar-refractivity contribution in [2.24, 2.45) is 0 Å². The highest BCUT2D eigenvalue weighted by Crippen LogP contribution is 2.33. The van der Waals surface area contributed by atoms with Crippen LogP contribution in [0.5, 0.6) is 0 Å². The van der Waals surface area contributed by atoms with Gasteiger partial charge in [0.15, 0.2) is 9.84 Å². The number of rotatable bonds is 9. The third-order valence-electron chi connectivity index (χ3n) is 5.74. The van der Waals surface area contributed by atoms with Crippen LogP contribution in [0.3, 0.4) is 0 Å². The van der Waals surface area contributed by atoms with E-state index in [0.717, 1.165) is 43.8 Å². The second-order valence-corrected chi connectivity index (χ2v) is 11.3. The summed E-state index contributed by atoms with van der Waals surface area (Å²) in [5.74, 6) is -1.71. The Morgan fingerprint density at radius 1 is 1.21 bits per heavy atom. The number of likely N-dealkylation sites (tertiary alicyclic amines) is 1. The molecule has 0 saturated carbocycles. The van der Waals surface area contributed by atoms with Crippen molar-refractivity contribution in [1.29, 1.82) is 0 Å². The molecule has 1 fully saturated rings. The Balaban J connectivity index is 1.51. The summed E-state index contributed by atoms with van der Waals surface area (Å²) in [5.41, 5.74) is 3.51. The van der Waals surface area contributed by atoms with E-state index in [1.165, 1.54) is 29.3 Å². The van der Waals surface area contributed by atoms with Gasteiger partial charge < -0.3 is 10.2 Å². The van der Waals surface area contributed by atoms with Crippen LogP contribution in [0.2, 0.25) is 5.02 Å². The molecular weight excluding hydrogens is 488 g/mol. The number of sulfone groups is 1. The van der Waals surface area contributed by atoms with Crippen molar-refractivity contribution in [1.82, 2.24) is 9.88 Å². The van der Waals surface area contributed by atoms with E-state index in [0.29, 0.717) is 11.3 Å². The van der Waals surface area contributed by atoms with Gasteiger partial charge in [0, 0.05) is 17.5 Å². The molecule has 10 heteroatoms. The molecule has 2 aromatic carbocycles. The summed E-state index contributed by atoms with van der Waals surface area (Å²) in [5, 5.41) is 4.65. The molecule has 1 aliphatic rings. The molecule has 0 unspecified atom stereocenters. The number of halogens is 3. The van der Waals surface area contributed by atoms with Crippen LogP contribution in [0.15, 0.2) is 46.1 Å². The van der Waals surface area contributed by atoms with Crippen LogP contribution in [-0.2, 0) is 22.0 Å². The Morgan fingerprint density at radius 3 is 2.67 bits per heavy atom. The molecule has 5 nitrogen and oxygen atoms in total. The number of anilines is 1. The van der Waals surface area contributed by atoms with Crippen molar-refractivity contribution in [2.45, 2.75) is 36.5 Å². The minimum atomic E-state index is -3.96. The Hall–Kier alpha value is -2.07. The first-order valence-electron chi connectivity index (χ1n) is 10.6. The average Bonchev–Trinajstić information content (AvgIpc) is 3.22. The van der Waals surface area contributed by atoms with Gasteiger partial charge in [-0.3, -0.25) is 0 Å². The Labute approximate surface area is 201 Å². The SMILES string of the molecule is C[C@H](Nc1cc(F)c(S(=O)(=O)Cc2cscn2)cc1Cl)c1cc(CCN2CCC2)ccc1F. The zero-order chi connectivity index (χ0) is 23.6. The molecule has 176 valence electrons. The van der Waals surface area contributed by atoms with Gasteiger partial charge in [-0.1, -0.05) is 23.7 Å². The van der Waals surface area contributed by atoms with E-state index in [1.54, 1.807) is 18.4 Å². The molecule has 0 spiro atoms. The standard InChI is InChI=1S/C23H24ClF2N3O2S2/c1-15(18-9-16(3-4-20(18)25)5-8-29-6-2-7-29)28-22-11-21(26)23(10-19(22)24)33(30,31)13-17-12-32-14-27-17/h3-4,9-12,14-15,28H,2,5-8,13H2,1H3/t15-/m0/s1.